The number of hydrogen-bond donors (Lipinski definition) is 2. The highest BCUT2D eigenvalue weighted by molar-refractivity contribution is 7.92. The number of benzene rings is 2. The molecule has 1 unspecified atom stereocenters. The van der Waals surface area contributed by atoms with Crippen molar-refractivity contribution in [1.82, 2.24) is 9.97 Å². The third kappa shape index (κ3) is 6.53. The second-order valence-electron chi connectivity index (χ2n) is 9.16. The number of furan rings is 1. The molecule has 0 bridgehead atoms. The van der Waals surface area contributed by atoms with Gasteiger partial charge in [-0.3, -0.25) is 0 Å². The maximum atomic E-state index is 14.1. The number of para-hydroxylation sites is 2. The lowest BCUT2D eigenvalue weighted by Gasteiger charge is -2.28. The van der Waals surface area contributed by atoms with Gasteiger partial charge in [-0.25, -0.2) is 17.7 Å². The molecule has 2 heterocycles. The van der Waals surface area contributed by atoms with E-state index in [9.17, 15) is 18.6 Å². The van der Waals surface area contributed by atoms with Gasteiger partial charge in [0.1, 0.15) is 19.0 Å². The Labute approximate surface area is 232 Å². The zero-order valence-electron chi connectivity index (χ0n) is 22.3. The Hall–Kier alpha value is -4.13. The van der Waals surface area contributed by atoms with Crippen LogP contribution in [0.4, 0.5) is 5.82 Å². The molecule has 2 aromatic carbocycles. The van der Waals surface area contributed by atoms with Gasteiger partial charge in [-0.15, -0.1) is 0 Å². The third-order valence-electron chi connectivity index (χ3n) is 5.60. The molecule has 0 saturated carbocycles. The van der Waals surface area contributed by atoms with Gasteiger partial charge in [0.2, 0.25) is 5.75 Å². The summed E-state index contributed by atoms with van der Waals surface area (Å²) in [4.78, 5) is 9.17. The molecular weight excluding hydrogens is 538 g/mol. The maximum Gasteiger partial charge on any atom is 0.265 e. The first-order chi connectivity index (χ1) is 19.2. The van der Waals surface area contributed by atoms with Crippen molar-refractivity contribution in [1.29, 1.82) is 0 Å². The number of rotatable bonds is 13. The van der Waals surface area contributed by atoms with E-state index in [1.165, 1.54) is 31.8 Å². The number of ether oxygens (including phenoxy) is 3. The van der Waals surface area contributed by atoms with E-state index < -0.39 is 22.7 Å². The van der Waals surface area contributed by atoms with Crippen LogP contribution in [0.3, 0.4) is 0 Å². The third-order valence-corrected chi connectivity index (χ3v) is 7.37. The lowest BCUT2D eigenvalue weighted by molar-refractivity contribution is 0.0513. The number of aliphatic hydroxyl groups excluding tert-OH is 2. The maximum absolute atomic E-state index is 14.1. The highest BCUT2D eigenvalue weighted by Crippen LogP contribution is 2.44. The number of hydrogen-bond acceptors (Lipinski definition) is 10. The van der Waals surface area contributed by atoms with E-state index in [4.69, 9.17) is 18.6 Å². The SMILES string of the molecule is COc1ccccc1Oc1c(OCC(O)CO)nc(-c2ccoc2)nc1N(CC(C)C)S(=O)(=O)c1ccccc1. The van der Waals surface area contributed by atoms with Crippen molar-refractivity contribution in [3.63, 3.8) is 0 Å². The smallest absolute Gasteiger partial charge is 0.265 e. The molecule has 40 heavy (non-hydrogen) atoms. The zero-order chi connectivity index (χ0) is 28.7. The van der Waals surface area contributed by atoms with E-state index in [0.717, 1.165) is 4.31 Å². The van der Waals surface area contributed by atoms with Gasteiger partial charge in [0.15, 0.2) is 23.1 Å². The topological polar surface area (TPSA) is 144 Å². The molecule has 4 aromatic rings. The second-order valence-corrected chi connectivity index (χ2v) is 11.0. The summed E-state index contributed by atoms with van der Waals surface area (Å²) >= 11 is 0. The number of nitrogens with zero attached hydrogens (tertiary/aromatic N) is 3. The van der Waals surface area contributed by atoms with E-state index in [-0.39, 0.29) is 53.0 Å². The fourth-order valence-electron chi connectivity index (χ4n) is 3.69. The van der Waals surface area contributed by atoms with Crippen LogP contribution in [0.2, 0.25) is 0 Å². The first kappa shape index (κ1) is 28.9. The number of anilines is 1. The summed E-state index contributed by atoms with van der Waals surface area (Å²) in [6.45, 7) is 2.88. The van der Waals surface area contributed by atoms with Gasteiger partial charge in [0, 0.05) is 6.54 Å². The second kappa shape index (κ2) is 12.8. The van der Waals surface area contributed by atoms with E-state index >= 15 is 0 Å². The highest BCUT2D eigenvalue weighted by Gasteiger charge is 2.33. The Morgan fingerprint density at radius 2 is 1.70 bits per heavy atom. The van der Waals surface area contributed by atoms with E-state index in [1.54, 1.807) is 48.5 Å². The molecule has 12 heteroatoms. The summed E-state index contributed by atoms with van der Waals surface area (Å²) in [7, 11) is -2.68. The van der Waals surface area contributed by atoms with Crippen molar-refractivity contribution >= 4 is 15.8 Å². The van der Waals surface area contributed by atoms with Crippen molar-refractivity contribution < 1.29 is 37.3 Å². The van der Waals surface area contributed by atoms with E-state index in [2.05, 4.69) is 9.97 Å². The molecule has 2 N–H and O–H groups in total. The Bertz CT molecular complexity index is 1500. The van der Waals surface area contributed by atoms with Crippen molar-refractivity contribution in [2.75, 3.05) is 31.2 Å². The predicted molar refractivity (Wildman–Crippen MR) is 147 cm³/mol. The molecule has 0 spiro atoms. The van der Waals surface area contributed by atoms with Gasteiger partial charge in [0.05, 0.1) is 30.4 Å². The van der Waals surface area contributed by atoms with Gasteiger partial charge in [-0.1, -0.05) is 44.2 Å². The van der Waals surface area contributed by atoms with Crippen molar-refractivity contribution in [3.8, 4) is 34.5 Å². The summed E-state index contributed by atoms with van der Waals surface area (Å²) in [5, 5.41) is 19.4. The van der Waals surface area contributed by atoms with Crippen molar-refractivity contribution in [2.24, 2.45) is 5.92 Å². The molecule has 212 valence electrons. The molecule has 0 aliphatic carbocycles. The molecule has 0 fully saturated rings. The summed E-state index contributed by atoms with van der Waals surface area (Å²) in [5.41, 5.74) is 0.458. The average Bonchev–Trinajstić information content (AvgIpc) is 3.51. The summed E-state index contributed by atoms with van der Waals surface area (Å²) in [6.07, 6.45) is 1.61. The van der Waals surface area contributed by atoms with Crippen LogP contribution in [-0.2, 0) is 10.0 Å². The van der Waals surface area contributed by atoms with Crippen LogP contribution in [0.5, 0.6) is 23.1 Å². The normalized spacial score (nSPS) is 12.2. The van der Waals surface area contributed by atoms with E-state index in [1.807, 2.05) is 13.8 Å². The standard InChI is InChI=1S/C28H31N3O8S/c1-19(2)15-31(40(34,35)22-9-5-4-6-10-22)27-25(39-24-12-8-7-11-23(24)36-3)28(38-18-21(33)16-32)30-26(29-27)20-13-14-37-17-20/h4-14,17,19,21,32-33H,15-16,18H2,1-3H3. The fraction of sp³-hybridized carbons (Fsp3) is 0.286. The van der Waals surface area contributed by atoms with Crippen LogP contribution in [0.25, 0.3) is 11.4 Å². The van der Waals surface area contributed by atoms with Gasteiger partial charge < -0.3 is 28.8 Å². The largest absolute Gasteiger partial charge is 0.493 e. The first-order valence-electron chi connectivity index (χ1n) is 12.5. The van der Waals surface area contributed by atoms with E-state index in [0.29, 0.717) is 11.3 Å². The number of methoxy groups -OCH3 is 1. The predicted octanol–water partition coefficient (Wildman–Crippen LogP) is 4.12. The minimum absolute atomic E-state index is 0.0417. The highest BCUT2D eigenvalue weighted by atomic mass is 32.2. The van der Waals surface area contributed by atoms with Crippen LogP contribution in [0, 0.1) is 5.92 Å². The number of sulfonamides is 1. The Morgan fingerprint density at radius 3 is 2.33 bits per heavy atom. The van der Waals surface area contributed by atoms with Crippen LogP contribution in [-0.4, -0.2) is 61.6 Å². The van der Waals surface area contributed by atoms with Gasteiger partial charge in [-0.2, -0.15) is 4.98 Å². The molecule has 0 amide bonds. The summed E-state index contributed by atoms with van der Waals surface area (Å²) in [5.74, 6) is 0.226. The van der Waals surface area contributed by atoms with Crippen molar-refractivity contribution in [3.05, 3.63) is 73.2 Å². The first-order valence-corrected chi connectivity index (χ1v) is 13.9. The monoisotopic (exact) mass is 569 g/mol. The van der Waals surface area contributed by atoms with Crippen molar-refractivity contribution in [2.45, 2.75) is 24.8 Å². The minimum atomic E-state index is -4.15. The molecule has 4 rings (SSSR count). The zero-order valence-corrected chi connectivity index (χ0v) is 23.1. The quantitative estimate of drug-likeness (QED) is 0.241. The lowest BCUT2D eigenvalue weighted by Crippen LogP contribution is -2.35. The van der Waals surface area contributed by atoms with Gasteiger partial charge in [-0.05, 0) is 36.2 Å². The molecular formula is C28H31N3O8S. The molecule has 11 nitrogen and oxygen atoms in total. The molecule has 0 aliphatic heterocycles. The van der Waals surface area contributed by atoms with Crippen LogP contribution < -0.4 is 18.5 Å². The summed E-state index contributed by atoms with van der Waals surface area (Å²) in [6, 6.07) is 16.4. The van der Waals surface area contributed by atoms with Gasteiger partial charge in [0.25, 0.3) is 15.9 Å². The Kier molecular flexibility index (Phi) is 9.25. The lowest BCUT2D eigenvalue weighted by atomic mass is 10.2. The number of aliphatic hydroxyl groups is 2. The summed E-state index contributed by atoms with van der Waals surface area (Å²) < 4.78 is 52.0. The van der Waals surface area contributed by atoms with Crippen LogP contribution in [0.1, 0.15) is 13.8 Å². The fourth-order valence-corrected chi connectivity index (χ4v) is 5.29. The Balaban J connectivity index is 2.00. The molecule has 0 saturated heterocycles. The van der Waals surface area contributed by atoms with Gasteiger partial charge >= 0.3 is 0 Å². The van der Waals surface area contributed by atoms with Crippen LogP contribution >= 0.6 is 0 Å². The molecule has 0 aliphatic rings. The molecule has 1 atom stereocenters. The number of aromatic nitrogens is 2. The Morgan fingerprint density at radius 1 is 1.00 bits per heavy atom. The molecule has 0 radical (unpaired) electrons. The average molecular weight is 570 g/mol. The molecule has 2 aromatic heterocycles. The minimum Gasteiger partial charge on any atom is -0.493 e. The van der Waals surface area contributed by atoms with Crippen LogP contribution in [0.15, 0.2) is 82.5 Å².